The molecule has 1 unspecified atom stereocenters. The van der Waals surface area contributed by atoms with Crippen LogP contribution in [0.5, 0.6) is 0 Å². The van der Waals surface area contributed by atoms with Gasteiger partial charge in [-0.3, -0.25) is 14.7 Å². The van der Waals surface area contributed by atoms with Gasteiger partial charge in [0.05, 0.1) is 17.6 Å². The van der Waals surface area contributed by atoms with Crippen molar-refractivity contribution in [2.45, 2.75) is 25.9 Å². The van der Waals surface area contributed by atoms with E-state index >= 15 is 0 Å². The summed E-state index contributed by atoms with van der Waals surface area (Å²) in [7, 11) is 0. The number of H-pyrrole nitrogens is 1. The highest BCUT2D eigenvalue weighted by Crippen LogP contribution is 2.13. The minimum atomic E-state index is -0.0310. The molecule has 0 aliphatic carbocycles. The summed E-state index contributed by atoms with van der Waals surface area (Å²) in [4.78, 5) is 21.6. The summed E-state index contributed by atoms with van der Waals surface area (Å²) in [5.74, 6) is 0. The molecular formula is C16H22N4O2. The minimum Gasteiger partial charge on any atom is -0.395 e. The molecule has 1 aliphatic rings. The normalized spacial score (nSPS) is 19.6. The SMILES string of the molecule is CCc1cc2ncc(CN3CCNC(CO)C3)cc2[nH]c1=O. The first kappa shape index (κ1) is 15.1. The molecule has 2 aromatic rings. The number of hydrogen-bond donors (Lipinski definition) is 3. The van der Waals surface area contributed by atoms with E-state index in [0.29, 0.717) is 6.42 Å². The van der Waals surface area contributed by atoms with E-state index in [2.05, 4.69) is 20.2 Å². The standard InChI is InChI=1S/C16H22N4O2/c1-2-12-6-14-15(19-16(12)22)5-11(7-18-14)8-20-4-3-17-13(9-20)10-21/h5-7,13,17,21H,2-4,8-10H2,1H3,(H,19,22). The fourth-order valence-electron chi connectivity index (χ4n) is 2.93. The number of rotatable bonds is 4. The molecule has 0 amide bonds. The third-order valence-electron chi connectivity index (χ3n) is 4.17. The second-order valence-corrected chi connectivity index (χ2v) is 5.82. The number of aliphatic hydroxyl groups is 1. The van der Waals surface area contributed by atoms with Crippen LogP contribution >= 0.6 is 0 Å². The van der Waals surface area contributed by atoms with Crippen molar-refractivity contribution in [3.63, 3.8) is 0 Å². The van der Waals surface area contributed by atoms with Crippen LogP contribution in [-0.2, 0) is 13.0 Å². The van der Waals surface area contributed by atoms with Gasteiger partial charge in [0.15, 0.2) is 0 Å². The molecule has 6 nitrogen and oxygen atoms in total. The third-order valence-corrected chi connectivity index (χ3v) is 4.17. The summed E-state index contributed by atoms with van der Waals surface area (Å²) in [6.07, 6.45) is 2.58. The van der Waals surface area contributed by atoms with Crippen LogP contribution in [0.3, 0.4) is 0 Å². The van der Waals surface area contributed by atoms with E-state index in [-0.39, 0.29) is 18.2 Å². The van der Waals surface area contributed by atoms with Crippen molar-refractivity contribution in [3.05, 3.63) is 39.8 Å². The van der Waals surface area contributed by atoms with Crippen molar-refractivity contribution < 1.29 is 5.11 Å². The number of fused-ring (bicyclic) bond motifs is 1. The van der Waals surface area contributed by atoms with E-state index in [1.165, 1.54) is 0 Å². The average Bonchev–Trinajstić information content (AvgIpc) is 2.54. The second-order valence-electron chi connectivity index (χ2n) is 5.82. The summed E-state index contributed by atoms with van der Waals surface area (Å²) in [6, 6.07) is 4.00. The molecule has 6 heteroatoms. The Morgan fingerprint density at radius 1 is 1.45 bits per heavy atom. The molecule has 0 saturated carbocycles. The molecular weight excluding hydrogens is 280 g/mol. The van der Waals surface area contributed by atoms with E-state index in [1.54, 1.807) is 0 Å². The molecule has 1 fully saturated rings. The molecule has 3 N–H and O–H groups in total. The fourth-order valence-corrected chi connectivity index (χ4v) is 2.93. The number of pyridine rings is 2. The smallest absolute Gasteiger partial charge is 0.251 e. The third kappa shape index (κ3) is 3.19. The Kier molecular flexibility index (Phi) is 4.52. The van der Waals surface area contributed by atoms with E-state index in [0.717, 1.165) is 48.3 Å². The maximum Gasteiger partial charge on any atom is 0.251 e. The second kappa shape index (κ2) is 6.56. The molecule has 0 spiro atoms. The molecule has 1 atom stereocenters. The summed E-state index contributed by atoms with van der Waals surface area (Å²) in [6.45, 7) is 5.54. The summed E-state index contributed by atoms with van der Waals surface area (Å²) >= 11 is 0. The van der Waals surface area contributed by atoms with Crippen molar-refractivity contribution in [3.8, 4) is 0 Å². The average molecular weight is 302 g/mol. The lowest BCUT2D eigenvalue weighted by Gasteiger charge is -2.32. The van der Waals surface area contributed by atoms with Gasteiger partial charge in [-0.05, 0) is 24.1 Å². The molecule has 0 radical (unpaired) electrons. The van der Waals surface area contributed by atoms with Gasteiger partial charge in [-0.15, -0.1) is 0 Å². The van der Waals surface area contributed by atoms with Crippen LogP contribution in [0.15, 0.2) is 23.1 Å². The van der Waals surface area contributed by atoms with Gasteiger partial charge in [0.2, 0.25) is 0 Å². The zero-order valence-corrected chi connectivity index (χ0v) is 12.8. The van der Waals surface area contributed by atoms with Gasteiger partial charge in [-0.25, -0.2) is 0 Å². The Morgan fingerprint density at radius 3 is 3.09 bits per heavy atom. The van der Waals surface area contributed by atoms with E-state index in [9.17, 15) is 9.90 Å². The maximum absolute atomic E-state index is 11.9. The Hall–Kier alpha value is -1.76. The first-order valence-corrected chi connectivity index (χ1v) is 7.77. The van der Waals surface area contributed by atoms with Crippen LogP contribution in [-0.4, -0.2) is 52.3 Å². The zero-order chi connectivity index (χ0) is 15.5. The molecule has 22 heavy (non-hydrogen) atoms. The van der Waals surface area contributed by atoms with Crippen LogP contribution in [0.1, 0.15) is 18.1 Å². The first-order chi connectivity index (χ1) is 10.7. The van der Waals surface area contributed by atoms with Crippen molar-refractivity contribution in [1.29, 1.82) is 0 Å². The minimum absolute atomic E-state index is 0.0310. The van der Waals surface area contributed by atoms with Gasteiger partial charge in [-0.1, -0.05) is 6.92 Å². The summed E-state index contributed by atoms with van der Waals surface area (Å²) in [5, 5.41) is 12.5. The van der Waals surface area contributed by atoms with E-state index in [1.807, 2.05) is 25.3 Å². The van der Waals surface area contributed by atoms with Gasteiger partial charge < -0.3 is 15.4 Å². The Balaban J connectivity index is 1.81. The van der Waals surface area contributed by atoms with Gasteiger partial charge in [0.25, 0.3) is 5.56 Å². The molecule has 3 rings (SSSR count). The highest BCUT2D eigenvalue weighted by Gasteiger charge is 2.18. The summed E-state index contributed by atoms with van der Waals surface area (Å²) in [5.41, 5.74) is 3.42. The molecule has 118 valence electrons. The van der Waals surface area contributed by atoms with Gasteiger partial charge in [-0.2, -0.15) is 0 Å². The molecule has 1 saturated heterocycles. The number of aliphatic hydroxyl groups excluding tert-OH is 1. The fraction of sp³-hybridized carbons (Fsp3) is 0.500. The van der Waals surface area contributed by atoms with Gasteiger partial charge >= 0.3 is 0 Å². The molecule has 3 heterocycles. The maximum atomic E-state index is 11.9. The van der Waals surface area contributed by atoms with Crippen LogP contribution in [0.25, 0.3) is 11.0 Å². The van der Waals surface area contributed by atoms with Crippen molar-refractivity contribution in [2.75, 3.05) is 26.2 Å². The molecule has 1 aliphatic heterocycles. The molecule has 0 aromatic carbocycles. The number of nitrogens with one attached hydrogen (secondary N) is 2. The number of aromatic nitrogens is 2. The topological polar surface area (TPSA) is 81.2 Å². The van der Waals surface area contributed by atoms with Crippen LogP contribution in [0.4, 0.5) is 0 Å². The largest absolute Gasteiger partial charge is 0.395 e. The van der Waals surface area contributed by atoms with Crippen molar-refractivity contribution in [1.82, 2.24) is 20.2 Å². The van der Waals surface area contributed by atoms with Crippen LogP contribution < -0.4 is 10.9 Å². The number of nitrogens with zero attached hydrogens (tertiary/aromatic N) is 2. The molecule has 0 bridgehead atoms. The Bertz CT molecular complexity index is 713. The highest BCUT2D eigenvalue weighted by molar-refractivity contribution is 5.74. The monoisotopic (exact) mass is 302 g/mol. The van der Waals surface area contributed by atoms with Crippen LogP contribution in [0, 0.1) is 0 Å². The van der Waals surface area contributed by atoms with E-state index in [4.69, 9.17) is 0 Å². The number of aromatic amines is 1. The van der Waals surface area contributed by atoms with Gasteiger partial charge in [0, 0.05) is 44.0 Å². The Morgan fingerprint density at radius 2 is 2.32 bits per heavy atom. The van der Waals surface area contributed by atoms with E-state index < -0.39 is 0 Å². The summed E-state index contributed by atoms with van der Waals surface area (Å²) < 4.78 is 0. The predicted octanol–water partition coefficient (Wildman–Crippen LogP) is 0.252. The zero-order valence-electron chi connectivity index (χ0n) is 12.8. The lowest BCUT2D eigenvalue weighted by Crippen LogP contribution is -2.51. The first-order valence-electron chi connectivity index (χ1n) is 7.77. The van der Waals surface area contributed by atoms with Gasteiger partial charge in [0.1, 0.15) is 0 Å². The lowest BCUT2D eigenvalue weighted by atomic mass is 10.1. The van der Waals surface area contributed by atoms with Crippen LogP contribution in [0.2, 0.25) is 0 Å². The predicted molar refractivity (Wildman–Crippen MR) is 85.9 cm³/mol. The quantitative estimate of drug-likeness (QED) is 0.754. The number of hydrogen-bond acceptors (Lipinski definition) is 5. The Labute approximate surface area is 129 Å². The number of aryl methyl sites for hydroxylation is 1. The molecule has 2 aromatic heterocycles. The highest BCUT2D eigenvalue weighted by atomic mass is 16.3. The van der Waals surface area contributed by atoms with Crippen molar-refractivity contribution in [2.24, 2.45) is 0 Å². The number of piperazine rings is 1. The lowest BCUT2D eigenvalue weighted by molar-refractivity contribution is 0.143. The van der Waals surface area contributed by atoms with Crippen molar-refractivity contribution >= 4 is 11.0 Å².